The van der Waals surface area contributed by atoms with Crippen LogP contribution in [-0.4, -0.2) is 63.1 Å². The first-order chi connectivity index (χ1) is 16.1. The van der Waals surface area contributed by atoms with Crippen LogP contribution in [0.4, 0.5) is 23.1 Å². The van der Waals surface area contributed by atoms with E-state index >= 15 is 0 Å². The number of carbonyl (C=O) groups excluding carboxylic acids is 1. The Hall–Kier alpha value is -4.12. The fourth-order valence-electron chi connectivity index (χ4n) is 3.40. The van der Waals surface area contributed by atoms with Gasteiger partial charge in [0.05, 0.1) is 18.3 Å². The smallest absolute Gasteiger partial charge is 0.303 e. The Labute approximate surface area is 190 Å². The number of nitrogens with one attached hydrogen (secondary N) is 3. The first-order valence-corrected chi connectivity index (χ1v) is 10.6. The lowest BCUT2D eigenvalue weighted by Gasteiger charge is -2.28. The number of pyridine rings is 2. The van der Waals surface area contributed by atoms with E-state index in [4.69, 9.17) is 5.11 Å². The molecule has 11 heteroatoms. The van der Waals surface area contributed by atoms with Crippen LogP contribution in [0.2, 0.25) is 0 Å². The van der Waals surface area contributed by atoms with Crippen LogP contribution in [0.25, 0.3) is 11.3 Å². The molecule has 33 heavy (non-hydrogen) atoms. The highest BCUT2D eigenvalue weighted by atomic mass is 16.4. The number of carboxylic acids is 1. The summed E-state index contributed by atoms with van der Waals surface area (Å²) in [6, 6.07) is 7.23. The largest absolute Gasteiger partial charge is 0.481 e. The van der Waals surface area contributed by atoms with Crippen molar-refractivity contribution in [3.05, 3.63) is 49.1 Å². The molecule has 1 aliphatic heterocycles. The molecule has 0 atom stereocenters. The van der Waals surface area contributed by atoms with Crippen molar-refractivity contribution in [3.8, 4) is 11.3 Å². The maximum atomic E-state index is 12.2. The van der Waals surface area contributed by atoms with Crippen molar-refractivity contribution in [2.75, 3.05) is 41.7 Å². The average molecular weight is 448 g/mol. The number of nitrogens with zero attached hydrogens (tertiary/aromatic N) is 5. The molecule has 1 fully saturated rings. The van der Waals surface area contributed by atoms with E-state index in [1.54, 1.807) is 36.9 Å². The molecule has 4 rings (SSSR count). The topological polar surface area (TPSA) is 145 Å². The number of anilines is 4. The van der Waals surface area contributed by atoms with Crippen molar-refractivity contribution in [2.45, 2.75) is 12.8 Å². The van der Waals surface area contributed by atoms with Gasteiger partial charge in [-0.1, -0.05) is 0 Å². The Morgan fingerprint density at radius 3 is 2.64 bits per heavy atom. The Bertz CT molecular complexity index is 1120. The first kappa shape index (κ1) is 22.1. The number of hydrogen-bond acceptors (Lipinski definition) is 9. The molecule has 0 saturated carbocycles. The van der Waals surface area contributed by atoms with E-state index in [0.717, 1.165) is 37.6 Å². The zero-order chi connectivity index (χ0) is 23.0. The fraction of sp³-hybridized carbons (Fsp3) is 0.273. The van der Waals surface area contributed by atoms with E-state index < -0.39 is 11.9 Å². The lowest BCUT2D eigenvalue weighted by atomic mass is 10.1. The van der Waals surface area contributed by atoms with Gasteiger partial charge in [0.15, 0.2) is 0 Å². The summed E-state index contributed by atoms with van der Waals surface area (Å²) in [6.07, 6.45) is 6.06. The van der Waals surface area contributed by atoms with Crippen molar-refractivity contribution in [2.24, 2.45) is 0 Å². The second-order valence-electron chi connectivity index (χ2n) is 7.42. The number of carboxylic acid groups (broad SMARTS) is 1. The molecule has 1 aliphatic rings. The van der Waals surface area contributed by atoms with E-state index in [1.165, 1.54) is 0 Å². The predicted octanol–water partition coefficient (Wildman–Crippen LogP) is 1.89. The van der Waals surface area contributed by atoms with Crippen LogP contribution >= 0.6 is 0 Å². The minimum Gasteiger partial charge on any atom is -0.481 e. The second kappa shape index (κ2) is 10.5. The molecule has 4 N–H and O–H groups in total. The summed E-state index contributed by atoms with van der Waals surface area (Å²) in [4.78, 5) is 42.7. The van der Waals surface area contributed by atoms with Gasteiger partial charge in [-0.3, -0.25) is 14.6 Å². The third-order valence-electron chi connectivity index (χ3n) is 4.98. The number of rotatable bonds is 8. The molecule has 0 unspecified atom stereocenters. The van der Waals surface area contributed by atoms with Crippen LogP contribution in [0.1, 0.15) is 12.8 Å². The minimum atomic E-state index is -1.03. The molecule has 1 saturated heterocycles. The Morgan fingerprint density at radius 2 is 1.88 bits per heavy atom. The van der Waals surface area contributed by atoms with Gasteiger partial charge in [0.2, 0.25) is 5.91 Å². The summed E-state index contributed by atoms with van der Waals surface area (Å²) in [5.41, 5.74) is 1.95. The van der Waals surface area contributed by atoms with Gasteiger partial charge < -0.3 is 26.0 Å². The summed E-state index contributed by atoms with van der Waals surface area (Å²) in [6.45, 7) is 3.52. The normalized spacial score (nSPS) is 13.4. The van der Waals surface area contributed by atoms with Gasteiger partial charge in [0, 0.05) is 68.5 Å². The molecule has 3 aromatic rings. The zero-order valence-corrected chi connectivity index (χ0v) is 17.9. The van der Waals surface area contributed by atoms with Crippen LogP contribution in [0.5, 0.6) is 0 Å². The van der Waals surface area contributed by atoms with Gasteiger partial charge in [-0.15, -0.1) is 0 Å². The highest BCUT2D eigenvalue weighted by Crippen LogP contribution is 2.27. The predicted molar refractivity (Wildman–Crippen MR) is 123 cm³/mol. The zero-order valence-electron chi connectivity index (χ0n) is 17.9. The Balaban J connectivity index is 1.63. The first-order valence-electron chi connectivity index (χ1n) is 10.6. The lowest BCUT2D eigenvalue weighted by molar-refractivity contribution is -0.138. The molecule has 1 amide bonds. The third kappa shape index (κ3) is 6.20. The minimum absolute atomic E-state index is 0.123. The third-order valence-corrected chi connectivity index (χ3v) is 4.98. The summed E-state index contributed by atoms with van der Waals surface area (Å²) in [7, 11) is 0. The molecule has 0 spiro atoms. The molecular weight excluding hydrogens is 424 g/mol. The molecule has 170 valence electrons. The van der Waals surface area contributed by atoms with Crippen LogP contribution in [0, 0.1) is 0 Å². The molecular formula is C22H24N8O3. The number of piperazine rings is 1. The standard InChI is InChI=1S/C22H24N8O3/c31-21(1-2-22(32)33)27-16-12-17(28-18(13-16)29-19-14-24-5-6-25-19)15-3-4-26-20(11-15)30-9-7-23-8-10-30/h3-6,11-14,23H,1-2,7-10H2,(H,32,33)(H2,25,27,28,29,31). The molecule has 0 radical (unpaired) electrons. The number of amides is 1. The molecule has 0 aliphatic carbocycles. The number of hydrogen-bond donors (Lipinski definition) is 4. The van der Waals surface area contributed by atoms with E-state index in [-0.39, 0.29) is 12.8 Å². The fourth-order valence-corrected chi connectivity index (χ4v) is 3.40. The summed E-state index contributed by atoms with van der Waals surface area (Å²) >= 11 is 0. The summed E-state index contributed by atoms with van der Waals surface area (Å²) in [5.74, 6) is 0.401. The van der Waals surface area contributed by atoms with Crippen molar-refractivity contribution >= 4 is 35.0 Å². The van der Waals surface area contributed by atoms with Crippen molar-refractivity contribution in [1.29, 1.82) is 0 Å². The van der Waals surface area contributed by atoms with Crippen molar-refractivity contribution < 1.29 is 14.7 Å². The highest BCUT2D eigenvalue weighted by molar-refractivity contribution is 5.93. The van der Waals surface area contributed by atoms with E-state index in [9.17, 15) is 9.59 Å². The van der Waals surface area contributed by atoms with E-state index in [2.05, 4.69) is 40.8 Å². The van der Waals surface area contributed by atoms with Gasteiger partial charge in [0.25, 0.3) is 0 Å². The average Bonchev–Trinajstić information content (AvgIpc) is 2.84. The Morgan fingerprint density at radius 1 is 1.03 bits per heavy atom. The molecule has 0 aromatic carbocycles. The second-order valence-corrected chi connectivity index (χ2v) is 7.42. The maximum Gasteiger partial charge on any atom is 0.303 e. The monoisotopic (exact) mass is 448 g/mol. The van der Waals surface area contributed by atoms with Gasteiger partial charge in [-0.2, -0.15) is 0 Å². The van der Waals surface area contributed by atoms with Gasteiger partial charge >= 0.3 is 5.97 Å². The van der Waals surface area contributed by atoms with Gasteiger partial charge in [0.1, 0.15) is 17.5 Å². The van der Waals surface area contributed by atoms with E-state index in [1.807, 2.05) is 12.1 Å². The number of aliphatic carboxylic acids is 1. The Kier molecular flexibility index (Phi) is 7.00. The van der Waals surface area contributed by atoms with Crippen LogP contribution < -0.4 is 20.9 Å². The maximum absolute atomic E-state index is 12.2. The van der Waals surface area contributed by atoms with Gasteiger partial charge in [-0.25, -0.2) is 15.0 Å². The SMILES string of the molecule is O=C(O)CCC(=O)Nc1cc(Nc2cnccn2)nc(-c2ccnc(N3CCNCC3)c2)c1. The highest BCUT2D eigenvalue weighted by Gasteiger charge is 2.14. The number of aromatic nitrogens is 4. The van der Waals surface area contributed by atoms with Crippen molar-refractivity contribution in [1.82, 2.24) is 25.3 Å². The molecule has 11 nitrogen and oxygen atoms in total. The van der Waals surface area contributed by atoms with Crippen LogP contribution in [0.15, 0.2) is 49.1 Å². The molecule has 4 heterocycles. The summed E-state index contributed by atoms with van der Waals surface area (Å²) < 4.78 is 0. The van der Waals surface area contributed by atoms with Crippen LogP contribution in [-0.2, 0) is 9.59 Å². The van der Waals surface area contributed by atoms with Gasteiger partial charge in [-0.05, 0) is 18.2 Å². The molecule has 3 aromatic heterocycles. The van der Waals surface area contributed by atoms with Crippen LogP contribution in [0.3, 0.4) is 0 Å². The molecule has 0 bridgehead atoms. The van der Waals surface area contributed by atoms with E-state index in [0.29, 0.717) is 23.0 Å². The lowest BCUT2D eigenvalue weighted by Crippen LogP contribution is -2.43. The van der Waals surface area contributed by atoms with Crippen molar-refractivity contribution in [3.63, 3.8) is 0 Å². The summed E-state index contributed by atoms with van der Waals surface area (Å²) in [5, 5.41) is 18.0. The quantitative estimate of drug-likeness (QED) is 0.403. The number of carbonyl (C=O) groups is 2.